The molecular weight excluding hydrogens is 394 g/mol. The van der Waals surface area contributed by atoms with Gasteiger partial charge in [-0.3, -0.25) is 4.79 Å². The molecule has 0 radical (unpaired) electrons. The molecule has 3 rings (SSSR count). The van der Waals surface area contributed by atoms with Crippen molar-refractivity contribution in [3.63, 3.8) is 0 Å². The van der Waals surface area contributed by atoms with Crippen LogP contribution in [-0.2, 0) is 19.1 Å². The van der Waals surface area contributed by atoms with Gasteiger partial charge in [0.15, 0.2) is 0 Å². The highest BCUT2D eigenvalue weighted by molar-refractivity contribution is 5.94. The molecule has 0 aromatic heterocycles. The summed E-state index contributed by atoms with van der Waals surface area (Å²) in [6.45, 7) is 5.45. The van der Waals surface area contributed by atoms with Crippen LogP contribution in [0.1, 0.15) is 38.7 Å². The first-order valence-electron chi connectivity index (χ1n) is 10.5. The number of para-hydroxylation sites is 1. The van der Waals surface area contributed by atoms with Crippen molar-refractivity contribution in [3.8, 4) is 0 Å². The summed E-state index contributed by atoms with van der Waals surface area (Å²) >= 11 is 0. The number of hydrogen-bond donors (Lipinski definition) is 2. The zero-order valence-electron chi connectivity index (χ0n) is 18.1. The first kappa shape index (κ1) is 22.6. The van der Waals surface area contributed by atoms with Gasteiger partial charge in [-0.1, -0.05) is 48.5 Å². The Kier molecular flexibility index (Phi) is 7.13. The Balaban J connectivity index is 2.22. The molecule has 0 unspecified atom stereocenters. The first-order chi connectivity index (χ1) is 14.9. The average Bonchev–Trinajstić information content (AvgIpc) is 2.74. The van der Waals surface area contributed by atoms with E-state index in [0.29, 0.717) is 11.3 Å². The molecule has 31 heavy (non-hydrogen) atoms. The van der Waals surface area contributed by atoms with Gasteiger partial charge in [0.1, 0.15) is 0 Å². The molecule has 0 heterocycles. The maximum absolute atomic E-state index is 13.2. The fourth-order valence-electron chi connectivity index (χ4n) is 4.18. The fourth-order valence-corrected chi connectivity index (χ4v) is 4.18. The van der Waals surface area contributed by atoms with Gasteiger partial charge in [-0.25, -0.2) is 4.79 Å². The molecule has 0 spiro atoms. The highest BCUT2D eigenvalue weighted by Crippen LogP contribution is 2.48. The molecule has 6 nitrogen and oxygen atoms in total. The first-order valence-corrected chi connectivity index (χ1v) is 10.5. The van der Waals surface area contributed by atoms with Gasteiger partial charge in [-0.15, -0.1) is 0 Å². The average molecular weight is 424 g/mol. The lowest BCUT2D eigenvalue weighted by Gasteiger charge is -2.43. The zero-order valence-corrected chi connectivity index (χ0v) is 18.1. The Morgan fingerprint density at radius 1 is 1.00 bits per heavy atom. The highest BCUT2D eigenvalue weighted by atomic mass is 16.5. The van der Waals surface area contributed by atoms with E-state index in [0.717, 1.165) is 11.3 Å². The topological polar surface area (TPSA) is 84.9 Å². The van der Waals surface area contributed by atoms with E-state index >= 15 is 0 Å². The predicted octanol–water partition coefficient (Wildman–Crippen LogP) is 4.03. The molecule has 6 heteroatoms. The molecular formula is C25H29NO5. The van der Waals surface area contributed by atoms with Gasteiger partial charge < -0.3 is 19.9 Å². The number of carbonyl (C=O) groups is 2. The molecule has 2 N–H and O–H groups in total. The second-order valence-electron chi connectivity index (χ2n) is 7.76. The summed E-state index contributed by atoms with van der Waals surface area (Å²) in [5, 5.41) is 14.7. The van der Waals surface area contributed by atoms with Crippen LogP contribution >= 0.6 is 0 Å². The zero-order chi connectivity index (χ0) is 22.4. The Morgan fingerprint density at radius 2 is 1.58 bits per heavy atom. The van der Waals surface area contributed by atoms with Crippen molar-refractivity contribution in [2.75, 3.05) is 18.5 Å². The summed E-state index contributed by atoms with van der Waals surface area (Å²) < 4.78 is 10.7. The maximum Gasteiger partial charge on any atom is 0.336 e. The minimum Gasteiger partial charge on any atom is -0.466 e. The van der Waals surface area contributed by atoms with Crippen LogP contribution in [0.2, 0.25) is 0 Å². The van der Waals surface area contributed by atoms with E-state index in [9.17, 15) is 14.7 Å². The summed E-state index contributed by atoms with van der Waals surface area (Å²) in [5.41, 5.74) is 0.929. The number of anilines is 1. The van der Waals surface area contributed by atoms with Crippen molar-refractivity contribution in [2.45, 2.75) is 38.7 Å². The second-order valence-corrected chi connectivity index (χ2v) is 7.76. The van der Waals surface area contributed by atoms with E-state index in [1.54, 1.807) is 20.8 Å². The van der Waals surface area contributed by atoms with Crippen LogP contribution in [0.4, 0.5) is 5.69 Å². The maximum atomic E-state index is 13.2. The van der Waals surface area contributed by atoms with E-state index in [2.05, 4.69) is 5.32 Å². The van der Waals surface area contributed by atoms with Gasteiger partial charge in [-0.05, 0) is 38.5 Å². The number of nitrogens with one attached hydrogen (secondary N) is 1. The van der Waals surface area contributed by atoms with E-state index in [1.807, 2.05) is 60.7 Å². The summed E-state index contributed by atoms with van der Waals surface area (Å²) in [7, 11) is 0. The van der Waals surface area contributed by atoms with Crippen molar-refractivity contribution in [3.05, 3.63) is 77.5 Å². The van der Waals surface area contributed by atoms with Crippen molar-refractivity contribution >= 4 is 17.6 Å². The van der Waals surface area contributed by atoms with Gasteiger partial charge in [0.25, 0.3) is 0 Å². The molecule has 164 valence electrons. The summed E-state index contributed by atoms with van der Waals surface area (Å²) in [6, 6.07) is 18.6. The molecule has 0 amide bonds. The number of benzene rings is 2. The van der Waals surface area contributed by atoms with Crippen LogP contribution in [0, 0.1) is 5.92 Å². The summed E-state index contributed by atoms with van der Waals surface area (Å²) in [5.74, 6) is -2.74. The van der Waals surface area contributed by atoms with E-state index < -0.39 is 29.4 Å². The van der Waals surface area contributed by atoms with Gasteiger partial charge in [0.05, 0.1) is 30.3 Å². The molecule has 3 atom stereocenters. The second kappa shape index (κ2) is 9.79. The number of ether oxygens (including phenoxy) is 2. The van der Waals surface area contributed by atoms with Crippen LogP contribution in [0.5, 0.6) is 0 Å². The third-order valence-corrected chi connectivity index (χ3v) is 5.44. The number of aliphatic hydroxyl groups is 1. The predicted molar refractivity (Wildman–Crippen MR) is 118 cm³/mol. The molecule has 1 aliphatic rings. The van der Waals surface area contributed by atoms with Crippen LogP contribution in [0.25, 0.3) is 0 Å². The smallest absolute Gasteiger partial charge is 0.336 e. The third kappa shape index (κ3) is 4.97. The minimum atomic E-state index is -1.44. The van der Waals surface area contributed by atoms with Gasteiger partial charge in [-0.2, -0.15) is 0 Å². The van der Waals surface area contributed by atoms with Crippen molar-refractivity contribution < 1.29 is 24.2 Å². The molecule has 1 aliphatic carbocycles. The number of hydrogen-bond acceptors (Lipinski definition) is 6. The van der Waals surface area contributed by atoms with Crippen LogP contribution in [-0.4, -0.2) is 35.9 Å². The van der Waals surface area contributed by atoms with Crippen LogP contribution in [0.3, 0.4) is 0 Å². The number of esters is 2. The number of carbonyl (C=O) groups excluding carboxylic acids is 2. The molecule has 0 bridgehead atoms. The van der Waals surface area contributed by atoms with E-state index in [4.69, 9.17) is 9.47 Å². The van der Waals surface area contributed by atoms with Gasteiger partial charge in [0, 0.05) is 23.7 Å². The van der Waals surface area contributed by atoms with E-state index in [-0.39, 0.29) is 19.6 Å². The monoisotopic (exact) mass is 423 g/mol. The standard InChI is InChI=1S/C25H29NO5/c1-4-30-23(27)21-19(26-18-14-10-7-11-15-18)16-25(3,29)22(24(28)31-5-2)20(21)17-12-8-6-9-13-17/h6-15,20,22,26,29H,4-5,16H2,1-3H3/t20-,22+,25-/m1/s1. The van der Waals surface area contributed by atoms with Crippen molar-refractivity contribution in [1.82, 2.24) is 0 Å². The normalized spacial score (nSPS) is 23.2. The molecule has 0 fully saturated rings. The summed E-state index contributed by atoms with van der Waals surface area (Å²) in [4.78, 5) is 26.2. The lowest BCUT2D eigenvalue weighted by atomic mass is 9.66. The molecule has 2 aromatic rings. The summed E-state index contributed by atoms with van der Waals surface area (Å²) in [6.07, 6.45) is 0.0723. The Hall–Kier alpha value is -3.12. The molecule has 0 saturated heterocycles. The highest BCUT2D eigenvalue weighted by Gasteiger charge is 2.52. The lowest BCUT2D eigenvalue weighted by molar-refractivity contribution is -0.159. The van der Waals surface area contributed by atoms with E-state index in [1.165, 1.54) is 0 Å². The fraction of sp³-hybridized carbons (Fsp3) is 0.360. The molecule has 0 aliphatic heterocycles. The molecule has 2 aromatic carbocycles. The third-order valence-electron chi connectivity index (χ3n) is 5.44. The Labute approximate surface area is 182 Å². The Morgan fingerprint density at radius 3 is 2.16 bits per heavy atom. The van der Waals surface area contributed by atoms with Crippen LogP contribution < -0.4 is 5.32 Å². The lowest BCUT2D eigenvalue weighted by Crippen LogP contribution is -2.49. The SMILES string of the molecule is CCOC(=O)C1=C(Nc2ccccc2)C[C@@](C)(O)[C@H](C(=O)OCC)[C@@H]1c1ccccc1. The Bertz CT molecular complexity index is 937. The largest absolute Gasteiger partial charge is 0.466 e. The molecule has 0 saturated carbocycles. The van der Waals surface area contributed by atoms with Gasteiger partial charge >= 0.3 is 11.9 Å². The van der Waals surface area contributed by atoms with Crippen LogP contribution in [0.15, 0.2) is 71.9 Å². The van der Waals surface area contributed by atoms with Gasteiger partial charge in [0.2, 0.25) is 0 Å². The van der Waals surface area contributed by atoms with Crippen molar-refractivity contribution in [2.24, 2.45) is 5.92 Å². The number of rotatable bonds is 7. The quantitative estimate of drug-likeness (QED) is 0.654. The van der Waals surface area contributed by atoms with Crippen molar-refractivity contribution in [1.29, 1.82) is 0 Å². The minimum absolute atomic E-state index is 0.0723.